The van der Waals surface area contributed by atoms with Crippen molar-refractivity contribution in [2.24, 2.45) is 0 Å². The first-order chi connectivity index (χ1) is 19.6. The van der Waals surface area contributed by atoms with Crippen molar-refractivity contribution >= 4 is 22.6 Å². The van der Waals surface area contributed by atoms with Crippen LogP contribution in [0.4, 0.5) is 5.82 Å². The van der Waals surface area contributed by atoms with E-state index in [9.17, 15) is 4.79 Å². The molecule has 2 saturated heterocycles. The molecule has 0 spiro atoms. The summed E-state index contributed by atoms with van der Waals surface area (Å²) in [6.45, 7) is 5.54. The zero-order chi connectivity index (χ0) is 27.3. The molecule has 0 saturated carbocycles. The fourth-order valence-electron chi connectivity index (χ4n) is 5.69. The van der Waals surface area contributed by atoms with Gasteiger partial charge in [0.25, 0.3) is 5.91 Å². The molecule has 3 aliphatic heterocycles. The van der Waals surface area contributed by atoms with Crippen LogP contribution in [0.1, 0.15) is 47.3 Å². The Morgan fingerprint density at radius 3 is 2.45 bits per heavy atom. The molecule has 7 nitrogen and oxygen atoms in total. The molecule has 2 fully saturated rings. The molecule has 4 aromatic rings. The first kappa shape index (κ1) is 26.3. The lowest BCUT2D eigenvalue weighted by Crippen LogP contribution is -2.28. The van der Waals surface area contributed by atoms with Gasteiger partial charge in [0.15, 0.2) is 0 Å². The second-order valence-corrected chi connectivity index (χ2v) is 10.9. The van der Waals surface area contributed by atoms with Gasteiger partial charge in [0.05, 0.1) is 29.9 Å². The molecule has 1 N–H and O–H groups in total. The zero-order valence-electron chi connectivity index (χ0n) is 23.2. The Balaban J connectivity index is 0.000000429. The number of fused-ring (bicyclic) bond motifs is 2. The van der Waals surface area contributed by atoms with Crippen LogP contribution in [0, 0.1) is 0 Å². The average Bonchev–Trinajstić information content (AvgIpc) is 3.79. The molecule has 7 rings (SSSR count). The van der Waals surface area contributed by atoms with Gasteiger partial charge in [-0.25, -0.2) is 4.98 Å². The topological polar surface area (TPSA) is 70.6 Å². The highest BCUT2D eigenvalue weighted by molar-refractivity contribution is 6.08. The standard InChI is InChI=1S/C28H26N4O2.C5H11N/c33-28(32-12-3-4-13-32)24-17-27(30-18-22-5-1-2-11-29-22)31-25-8-6-20(16-23(24)25)19-7-9-26-21(15-19)10-14-34-26;1-6-4-2-3-5-6/h1-2,5-9,11,15-17H,3-4,10,12-14,18H2,(H,30,31);2-5H2,1H3. The number of anilines is 1. The maximum atomic E-state index is 13.5. The van der Waals surface area contributed by atoms with Crippen LogP contribution in [0.3, 0.4) is 0 Å². The third-order valence-corrected chi connectivity index (χ3v) is 7.96. The molecule has 206 valence electrons. The molecule has 7 heteroatoms. The van der Waals surface area contributed by atoms with Crippen LogP contribution in [-0.2, 0) is 13.0 Å². The number of aromatic nitrogens is 2. The van der Waals surface area contributed by atoms with Crippen molar-refractivity contribution in [2.45, 2.75) is 38.6 Å². The van der Waals surface area contributed by atoms with Gasteiger partial charge in [-0.1, -0.05) is 18.2 Å². The predicted molar refractivity (Wildman–Crippen MR) is 160 cm³/mol. The third kappa shape index (κ3) is 5.94. The van der Waals surface area contributed by atoms with Crippen LogP contribution in [0.25, 0.3) is 22.0 Å². The van der Waals surface area contributed by atoms with Gasteiger partial charge in [0.2, 0.25) is 0 Å². The third-order valence-electron chi connectivity index (χ3n) is 7.96. The lowest BCUT2D eigenvalue weighted by molar-refractivity contribution is 0.0794. The van der Waals surface area contributed by atoms with E-state index in [-0.39, 0.29) is 5.91 Å². The summed E-state index contributed by atoms with van der Waals surface area (Å²) < 4.78 is 5.66. The molecule has 0 radical (unpaired) electrons. The molecule has 0 atom stereocenters. The number of hydrogen-bond donors (Lipinski definition) is 1. The van der Waals surface area contributed by atoms with Crippen molar-refractivity contribution in [1.29, 1.82) is 0 Å². The van der Waals surface area contributed by atoms with Gasteiger partial charge in [-0.15, -0.1) is 0 Å². The Bertz CT molecular complexity index is 1480. The van der Waals surface area contributed by atoms with Crippen molar-refractivity contribution in [3.8, 4) is 16.9 Å². The number of hydrogen-bond acceptors (Lipinski definition) is 6. The largest absolute Gasteiger partial charge is 0.493 e. The van der Waals surface area contributed by atoms with Gasteiger partial charge in [0, 0.05) is 31.1 Å². The van der Waals surface area contributed by atoms with Crippen molar-refractivity contribution in [1.82, 2.24) is 19.8 Å². The summed E-state index contributed by atoms with van der Waals surface area (Å²) in [7, 11) is 2.17. The summed E-state index contributed by atoms with van der Waals surface area (Å²) in [5, 5.41) is 4.24. The second-order valence-electron chi connectivity index (χ2n) is 10.9. The van der Waals surface area contributed by atoms with Crippen molar-refractivity contribution in [2.75, 3.05) is 45.2 Å². The molecule has 0 unspecified atom stereocenters. The Kier molecular flexibility index (Phi) is 7.91. The van der Waals surface area contributed by atoms with E-state index < -0.39 is 0 Å². The Morgan fingerprint density at radius 2 is 1.70 bits per heavy atom. The number of rotatable bonds is 5. The molecule has 0 bridgehead atoms. The highest BCUT2D eigenvalue weighted by atomic mass is 16.5. The average molecular weight is 536 g/mol. The summed E-state index contributed by atoms with van der Waals surface area (Å²) >= 11 is 0. The zero-order valence-corrected chi connectivity index (χ0v) is 23.2. The molecular formula is C33H37N5O2. The van der Waals surface area contributed by atoms with Crippen molar-refractivity contribution in [3.05, 3.63) is 83.7 Å². The molecule has 2 aromatic heterocycles. The summed E-state index contributed by atoms with van der Waals surface area (Å²) in [4.78, 5) is 27.0. The lowest BCUT2D eigenvalue weighted by atomic mass is 9.98. The number of pyridine rings is 2. The monoisotopic (exact) mass is 535 g/mol. The number of likely N-dealkylation sites (tertiary alicyclic amines) is 2. The van der Waals surface area contributed by atoms with Gasteiger partial charge in [-0.3, -0.25) is 9.78 Å². The van der Waals surface area contributed by atoms with Gasteiger partial charge in [-0.05, 0) is 105 Å². The minimum atomic E-state index is 0.0743. The molecule has 1 amide bonds. The molecule has 2 aromatic carbocycles. The Hall–Kier alpha value is -3.97. The van der Waals surface area contributed by atoms with Gasteiger partial charge in [0.1, 0.15) is 11.6 Å². The van der Waals surface area contributed by atoms with Crippen LogP contribution in [0.2, 0.25) is 0 Å². The molecule has 3 aliphatic rings. The quantitative estimate of drug-likeness (QED) is 0.349. The van der Waals surface area contributed by atoms with Crippen LogP contribution in [0.15, 0.2) is 66.9 Å². The fourth-order valence-corrected chi connectivity index (χ4v) is 5.69. The SMILES string of the molecule is CN1CCCC1.O=C(c1cc(NCc2ccccn2)nc2ccc(-c3ccc4c(c3)CCO4)cc12)N1CCCC1. The maximum absolute atomic E-state index is 13.5. The van der Waals surface area contributed by atoms with Crippen molar-refractivity contribution in [3.63, 3.8) is 0 Å². The van der Waals surface area contributed by atoms with E-state index in [1.165, 1.54) is 31.5 Å². The fraction of sp³-hybridized carbons (Fsp3) is 0.364. The number of amides is 1. The number of nitrogens with one attached hydrogen (secondary N) is 1. The number of nitrogens with zero attached hydrogens (tertiary/aromatic N) is 4. The molecule has 0 aliphatic carbocycles. The number of benzene rings is 2. The summed E-state index contributed by atoms with van der Waals surface area (Å²) in [5.74, 6) is 1.73. The normalized spacial score (nSPS) is 16.4. The van der Waals surface area contributed by atoms with E-state index in [2.05, 4.69) is 46.5 Å². The molecule has 5 heterocycles. The van der Waals surface area contributed by atoms with E-state index in [1.807, 2.05) is 41.3 Å². The van der Waals surface area contributed by atoms with E-state index in [0.717, 1.165) is 72.4 Å². The highest BCUT2D eigenvalue weighted by Gasteiger charge is 2.23. The Morgan fingerprint density at radius 1 is 0.925 bits per heavy atom. The van der Waals surface area contributed by atoms with E-state index in [4.69, 9.17) is 9.72 Å². The minimum Gasteiger partial charge on any atom is -0.493 e. The number of carbonyl (C=O) groups excluding carboxylic acids is 1. The van der Waals surface area contributed by atoms with E-state index >= 15 is 0 Å². The van der Waals surface area contributed by atoms with Gasteiger partial charge < -0.3 is 19.9 Å². The predicted octanol–water partition coefficient (Wildman–Crippen LogP) is 5.79. The number of ether oxygens (including phenoxy) is 1. The van der Waals surface area contributed by atoms with Crippen molar-refractivity contribution < 1.29 is 9.53 Å². The molecular weight excluding hydrogens is 498 g/mol. The van der Waals surface area contributed by atoms with E-state index in [0.29, 0.717) is 17.9 Å². The number of carbonyl (C=O) groups is 1. The second kappa shape index (κ2) is 12.0. The summed E-state index contributed by atoms with van der Waals surface area (Å²) in [6, 6.07) is 20.3. The smallest absolute Gasteiger partial charge is 0.254 e. The lowest BCUT2D eigenvalue weighted by Gasteiger charge is -2.18. The van der Waals surface area contributed by atoms with Crippen LogP contribution in [0.5, 0.6) is 5.75 Å². The summed E-state index contributed by atoms with van der Waals surface area (Å²) in [6.07, 6.45) is 7.65. The first-order valence-corrected chi connectivity index (χ1v) is 14.5. The molecule has 40 heavy (non-hydrogen) atoms. The van der Waals surface area contributed by atoms with Gasteiger partial charge >= 0.3 is 0 Å². The van der Waals surface area contributed by atoms with Gasteiger partial charge in [-0.2, -0.15) is 0 Å². The first-order valence-electron chi connectivity index (χ1n) is 14.5. The minimum absolute atomic E-state index is 0.0743. The Labute approximate surface area is 236 Å². The summed E-state index contributed by atoms with van der Waals surface area (Å²) in [5.41, 5.74) is 5.87. The van der Waals surface area contributed by atoms with Crippen LogP contribution >= 0.6 is 0 Å². The maximum Gasteiger partial charge on any atom is 0.254 e. The van der Waals surface area contributed by atoms with E-state index in [1.54, 1.807) is 6.20 Å². The van der Waals surface area contributed by atoms with Crippen LogP contribution in [-0.4, -0.2) is 65.5 Å². The van der Waals surface area contributed by atoms with Crippen LogP contribution < -0.4 is 10.1 Å². The highest BCUT2D eigenvalue weighted by Crippen LogP contribution is 2.33.